The van der Waals surface area contributed by atoms with Crippen LogP contribution in [0.25, 0.3) is 0 Å². The Morgan fingerprint density at radius 1 is 1.40 bits per heavy atom. The standard InChI is InChI=1S/C4H6O2S4/c1-2-3(4(5)6)8-10-9-7-2/h2-3H,1H3,(H,5,6). The molecule has 1 fully saturated rings. The first-order chi connectivity index (χ1) is 4.72. The summed E-state index contributed by atoms with van der Waals surface area (Å²) in [6, 6.07) is 0. The zero-order chi connectivity index (χ0) is 7.56. The Labute approximate surface area is 74.5 Å². The lowest BCUT2D eigenvalue weighted by molar-refractivity contribution is -0.136. The van der Waals surface area contributed by atoms with Gasteiger partial charge in [0, 0.05) is 5.25 Å². The van der Waals surface area contributed by atoms with E-state index in [1.807, 2.05) is 6.92 Å². The molecule has 1 aliphatic heterocycles. The third kappa shape index (κ3) is 2.18. The van der Waals surface area contributed by atoms with Crippen molar-refractivity contribution in [2.45, 2.75) is 17.4 Å². The van der Waals surface area contributed by atoms with E-state index in [0.717, 1.165) is 0 Å². The van der Waals surface area contributed by atoms with E-state index in [9.17, 15) is 4.79 Å². The number of carboxylic acids is 1. The lowest BCUT2D eigenvalue weighted by atomic mass is 10.3. The van der Waals surface area contributed by atoms with Crippen LogP contribution in [0.3, 0.4) is 0 Å². The molecule has 58 valence electrons. The highest BCUT2D eigenvalue weighted by molar-refractivity contribution is 9.27. The second-order valence-electron chi connectivity index (χ2n) is 1.79. The van der Waals surface area contributed by atoms with Gasteiger partial charge in [0.15, 0.2) is 0 Å². The molecule has 2 atom stereocenters. The Hall–Kier alpha value is 0.870. The predicted molar refractivity (Wildman–Crippen MR) is 51.2 cm³/mol. The van der Waals surface area contributed by atoms with Crippen LogP contribution >= 0.6 is 41.2 Å². The van der Waals surface area contributed by atoms with Gasteiger partial charge < -0.3 is 5.11 Å². The SMILES string of the molecule is CC1SSSSC1C(=O)O. The Morgan fingerprint density at radius 2 is 2.00 bits per heavy atom. The van der Waals surface area contributed by atoms with Crippen LogP contribution in [0.15, 0.2) is 0 Å². The molecule has 0 saturated carbocycles. The number of carboxylic acid groups (broad SMARTS) is 1. The summed E-state index contributed by atoms with van der Waals surface area (Å²) < 4.78 is 0. The number of aliphatic carboxylic acids is 1. The molecule has 0 spiro atoms. The molecule has 0 aliphatic carbocycles. The number of rotatable bonds is 1. The fourth-order valence-electron chi connectivity index (χ4n) is 0.507. The summed E-state index contributed by atoms with van der Waals surface area (Å²) in [4.78, 5) is 10.5. The van der Waals surface area contributed by atoms with Crippen molar-refractivity contribution in [2.24, 2.45) is 0 Å². The van der Waals surface area contributed by atoms with Gasteiger partial charge in [-0.05, 0) is 19.7 Å². The average Bonchev–Trinajstić information content (AvgIpc) is 1.88. The van der Waals surface area contributed by atoms with Gasteiger partial charge in [0.25, 0.3) is 0 Å². The molecule has 0 aromatic heterocycles. The smallest absolute Gasteiger partial charge is 0.318 e. The van der Waals surface area contributed by atoms with E-state index < -0.39 is 5.97 Å². The van der Waals surface area contributed by atoms with E-state index in [0.29, 0.717) is 0 Å². The van der Waals surface area contributed by atoms with Crippen molar-refractivity contribution in [3.05, 3.63) is 0 Å². The summed E-state index contributed by atoms with van der Waals surface area (Å²) in [5, 5.41) is 8.63. The van der Waals surface area contributed by atoms with Gasteiger partial charge >= 0.3 is 5.97 Å². The zero-order valence-electron chi connectivity index (χ0n) is 5.14. The van der Waals surface area contributed by atoms with Crippen LogP contribution in [0.1, 0.15) is 6.92 Å². The van der Waals surface area contributed by atoms with Crippen molar-refractivity contribution in [2.75, 3.05) is 0 Å². The number of hydrogen-bond acceptors (Lipinski definition) is 5. The van der Waals surface area contributed by atoms with Gasteiger partial charge in [0.1, 0.15) is 5.25 Å². The van der Waals surface area contributed by atoms with Crippen molar-refractivity contribution in [3.63, 3.8) is 0 Å². The minimum absolute atomic E-state index is 0.216. The van der Waals surface area contributed by atoms with Gasteiger partial charge in [-0.1, -0.05) is 28.5 Å². The fourth-order valence-corrected chi connectivity index (χ4v) is 8.08. The van der Waals surface area contributed by atoms with Crippen LogP contribution in [0.5, 0.6) is 0 Å². The average molecular weight is 214 g/mol. The topological polar surface area (TPSA) is 37.3 Å². The Balaban J connectivity index is 2.47. The number of hydrogen-bond donors (Lipinski definition) is 1. The van der Waals surface area contributed by atoms with E-state index in [-0.39, 0.29) is 10.5 Å². The van der Waals surface area contributed by atoms with Gasteiger partial charge in [-0.15, -0.1) is 0 Å². The quantitative estimate of drug-likeness (QED) is 0.676. The molecule has 0 aromatic carbocycles. The molecule has 2 unspecified atom stereocenters. The third-order valence-electron chi connectivity index (χ3n) is 1.03. The van der Waals surface area contributed by atoms with Crippen LogP contribution in [-0.2, 0) is 4.79 Å². The van der Waals surface area contributed by atoms with Gasteiger partial charge in [-0.2, -0.15) is 0 Å². The molecule has 1 aliphatic rings. The molecule has 2 nitrogen and oxygen atoms in total. The maximum absolute atomic E-state index is 10.5. The Bertz CT molecular complexity index is 139. The Kier molecular flexibility index (Phi) is 3.62. The molecule has 0 bridgehead atoms. The normalized spacial score (nSPS) is 33.7. The van der Waals surface area contributed by atoms with Crippen LogP contribution in [0.4, 0.5) is 0 Å². The summed E-state index contributed by atoms with van der Waals surface area (Å²) in [5.41, 5.74) is 0. The summed E-state index contributed by atoms with van der Waals surface area (Å²) in [7, 11) is 6.28. The van der Waals surface area contributed by atoms with Crippen molar-refractivity contribution < 1.29 is 9.90 Å². The highest BCUT2D eigenvalue weighted by Crippen LogP contribution is 2.54. The van der Waals surface area contributed by atoms with Crippen LogP contribution in [-0.4, -0.2) is 21.6 Å². The molecule has 1 N–H and O–H groups in total. The van der Waals surface area contributed by atoms with Gasteiger partial charge in [0.2, 0.25) is 0 Å². The first kappa shape index (κ1) is 8.96. The fraction of sp³-hybridized carbons (Fsp3) is 0.750. The minimum atomic E-state index is -0.696. The molecule has 0 aromatic rings. The number of carbonyl (C=O) groups is 1. The second-order valence-corrected chi connectivity index (χ2v) is 8.12. The molecule has 6 heteroatoms. The molecule has 10 heavy (non-hydrogen) atoms. The lowest BCUT2D eigenvalue weighted by Gasteiger charge is -2.21. The second kappa shape index (κ2) is 4.04. The van der Waals surface area contributed by atoms with E-state index >= 15 is 0 Å². The van der Waals surface area contributed by atoms with E-state index in [1.54, 1.807) is 30.4 Å². The first-order valence-electron chi connectivity index (χ1n) is 2.60. The first-order valence-corrected chi connectivity index (χ1v) is 7.54. The van der Waals surface area contributed by atoms with Crippen LogP contribution in [0, 0.1) is 0 Å². The summed E-state index contributed by atoms with van der Waals surface area (Å²) in [5.74, 6) is -0.696. The largest absolute Gasteiger partial charge is 0.480 e. The molecule has 1 heterocycles. The van der Waals surface area contributed by atoms with Crippen molar-refractivity contribution >= 4 is 47.2 Å². The summed E-state index contributed by atoms with van der Waals surface area (Å²) >= 11 is 0. The van der Waals surface area contributed by atoms with Gasteiger partial charge in [-0.25, -0.2) is 0 Å². The predicted octanol–water partition coefficient (Wildman–Crippen LogP) is 2.52. The molecular weight excluding hydrogens is 208 g/mol. The van der Waals surface area contributed by atoms with Crippen molar-refractivity contribution in [1.29, 1.82) is 0 Å². The minimum Gasteiger partial charge on any atom is -0.480 e. The van der Waals surface area contributed by atoms with E-state index in [2.05, 4.69) is 0 Å². The maximum Gasteiger partial charge on any atom is 0.318 e. The Morgan fingerprint density at radius 3 is 2.40 bits per heavy atom. The van der Waals surface area contributed by atoms with E-state index in [4.69, 9.17) is 5.11 Å². The molecule has 0 radical (unpaired) electrons. The highest BCUT2D eigenvalue weighted by Gasteiger charge is 2.30. The molecular formula is C4H6O2S4. The highest BCUT2D eigenvalue weighted by atomic mass is 33.7. The molecule has 1 rings (SSSR count). The summed E-state index contributed by atoms with van der Waals surface area (Å²) in [6.07, 6.45) is 0. The van der Waals surface area contributed by atoms with Crippen LogP contribution in [0.2, 0.25) is 0 Å². The summed E-state index contributed by atoms with van der Waals surface area (Å²) in [6.45, 7) is 1.95. The van der Waals surface area contributed by atoms with Gasteiger partial charge in [0.05, 0.1) is 0 Å². The van der Waals surface area contributed by atoms with E-state index in [1.165, 1.54) is 10.8 Å². The van der Waals surface area contributed by atoms with Gasteiger partial charge in [-0.3, -0.25) is 4.79 Å². The maximum atomic E-state index is 10.5. The zero-order valence-corrected chi connectivity index (χ0v) is 8.41. The lowest BCUT2D eigenvalue weighted by Crippen LogP contribution is -2.26. The van der Waals surface area contributed by atoms with Crippen LogP contribution < -0.4 is 0 Å². The third-order valence-corrected chi connectivity index (χ3v) is 8.39. The molecule has 0 amide bonds. The monoisotopic (exact) mass is 214 g/mol. The van der Waals surface area contributed by atoms with Crippen molar-refractivity contribution in [3.8, 4) is 0 Å². The molecule has 1 saturated heterocycles. The van der Waals surface area contributed by atoms with Crippen molar-refractivity contribution in [1.82, 2.24) is 0 Å².